The highest BCUT2D eigenvalue weighted by molar-refractivity contribution is 7.91. The molecule has 0 aliphatic heterocycles. The van der Waals surface area contributed by atoms with Crippen LogP contribution in [0.1, 0.15) is 12.5 Å². The predicted molar refractivity (Wildman–Crippen MR) is 64.1 cm³/mol. The molecule has 0 saturated carbocycles. The monoisotopic (exact) mass is 243 g/mol. The van der Waals surface area contributed by atoms with Gasteiger partial charge in [-0.3, -0.25) is 0 Å². The molecule has 0 bridgehead atoms. The van der Waals surface area contributed by atoms with Crippen molar-refractivity contribution in [3.8, 4) is 0 Å². The Hall–Kier alpha value is -1.07. The van der Waals surface area contributed by atoms with Gasteiger partial charge in [0.2, 0.25) is 0 Å². The topological polar surface area (TPSA) is 69.4 Å². The lowest BCUT2D eigenvalue weighted by molar-refractivity contribution is 0.136. The van der Waals surface area contributed by atoms with Gasteiger partial charge in [-0.05, 0) is 37.6 Å². The van der Waals surface area contributed by atoms with Crippen LogP contribution in [0.3, 0.4) is 0 Å². The zero-order chi connectivity index (χ0) is 12.3. The third-order valence-electron chi connectivity index (χ3n) is 2.46. The molecule has 0 saturated heterocycles. The molecule has 1 aromatic rings. The fourth-order valence-corrected chi connectivity index (χ4v) is 2.89. The van der Waals surface area contributed by atoms with Crippen molar-refractivity contribution >= 4 is 15.5 Å². The Balaban J connectivity index is 3.03. The van der Waals surface area contributed by atoms with Gasteiger partial charge in [0.15, 0.2) is 9.84 Å². The zero-order valence-electron chi connectivity index (χ0n) is 9.73. The van der Waals surface area contributed by atoms with Crippen LogP contribution in [0.2, 0.25) is 0 Å². The molecule has 16 heavy (non-hydrogen) atoms. The van der Waals surface area contributed by atoms with Gasteiger partial charge in [0.1, 0.15) is 0 Å². The van der Waals surface area contributed by atoms with E-state index in [4.69, 9.17) is 10.5 Å². The summed E-state index contributed by atoms with van der Waals surface area (Å²) in [5.41, 5.74) is 7.01. The van der Waals surface area contributed by atoms with E-state index in [1.165, 1.54) is 13.2 Å². The van der Waals surface area contributed by atoms with Crippen molar-refractivity contribution in [3.63, 3.8) is 0 Å². The van der Waals surface area contributed by atoms with E-state index < -0.39 is 9.84 Å². The van der Waals surface area contributed by atoms with Crippen LogP contribution < -0.4 is 5.73 Å². The Morgan fingerprint density at radius 3 is 2.56 bits per heavy atom. The van der Waals surface area contributed by atoms with E-state index in [-0.39, 0.29) is 11.9 Å². The van der Waals surface area contributed by atoms with Gasteiger partial charge >= 0.3 is 0 Å². The number of nitrogen functional groups attached to an aromatic ring is 1. The Labute approximate surface area is 96.3 Å². The van der Waals surface area contributed by atoms with E-state index in [9.17, 15) is 8.42 Å². The Morgan fingerprint density at radius 2 is 2.06 bits per heavy atom. The number of nitrogens with two attached hydrogens (primary N) is 1. The van der Waals surface area contributed by atoms with Crippen molar-refractivity contribution in [1.29, 1.82) is 0 Å². The first kappa shape index (κ1) is 13.0. The highest BCUT2D eigenvalue weighted by Crippen LogP contribution is 2.18. The number of sulfone groups is 1. The van der Waals surface area contributed by atoms with Crippen LogP contribution in [-0.2, 0) is 14.6 Å². The van der Waals surface area contributed by atoms with Gasteiger partial charge in [0, 0.05) is 12.8 Å². The van der Waals surface area contributed by atoms with E-state index >= 15 is 0 Å². The molecule has 1 unspecified atom stereocenters. The smallest absolute Gasteiger partial charge is 0.180 e. The number of anilines is 1. The van der Waals surface area contributed by atoms with Gasteiger partial charge in [-0.15, -0.1) is 0 Å². The molecule has 2 N–H and O–H groups in total. The number of methoxy groups -OCH3 is 1. The molecule has 0 aliphatic carbocycles. The van der Waals surface area contributed by atoms with Crippen LogP contribution in [-0.4, -0.2) is 27.4 Å². The molecule has 0 radical (unpaired) electrons. The SMILES string of the molecule is COC(C)CS(=O)(=O)c1ccc(N)c(C)c1. The van der Waals surface area contributed by atoms with Crippen molar-refractivity contribution in [2.75, 3.05) is 18.6 Å². The number of hydrogen-bond donors (Lipinski definition) is 1. The second-order valence-electron chi connectivity index (χ2n) is 3.85. The summed E-state index contributed by atoms with van der Waals surface area (Å²) in [4.78, 5) is 0.295. The van der Waals surface area contributed by atoms with E-state index in [0.29, 0.717) is 10.6 Å². The average molecular weight is 243 g/mol. The summed E-state index contributed by atoms with van der Waals surface area (Å²) in [5, 5.41) is 0. The largest absolute Gasteiger partial charge is 0.399 e. The highest BCUT2D eigenvalue weighted by atomic mass is 32.2. The molecule has 0 aliphatic rings. The fourth-order valence-electron chi connectivity index (χ4n) is 1.31. The third kappa shape index (κ3) is 2.96. The van der Waals surface area contributed by atoms with Crippen LogP contribution in [0.15, 0.2) is 23.1 Å². The van der Waals surface area contributed by atoms with Gasteiger partial charge in [-0.25, -0.2) is 8.42 Å². The van der Waals surface area contributed by atoms with Gasteiger partial charge in [-0.1, -0.05) is 0 Å². The third-order valence-corrected chi connectivity index (χ3v) is 4.34. The molecule has 0 amide bonds. The molecule has 4 nitrogen and oxygen atoms in total. The standard InChI is InChI=1S/C11H17NO3S/c1-8-6-10(4-5-11(8)12)16(13,14)7-9(2)15-3/h4-6,9H,7,12H2,1-3H3. The quantitative estimate of drug-likeness (QED) is 0.811. The summed E-state index contributed by atoms with van der Waals surface area (Å²) in [5.74, 6) is -0.0210. The fraction of sp³-hybridized carbons (Fsp3) is 0.455. The first-order valence-electron chi connectivity index (χ1n) is 4.98. The molecule has 5 heteroatoms. The molecule has 1 aromatic carbocycles. The molecule has 0 aromatic heterocycles. The number of rotatable bonds is 4. The summed E-state index contributed by atoms with van der Waals surface area (Å²) >= 11 is 0. The molecule has 1 rings (SSSR count). The van der Waals surface area contributed by atoms with Crippen LogP contribution >= 0.6 is 0 Å². The van der Waals surface area contributed by atoms with Crippen LogP contribution in [0.25, 0.3) is 0 Å². The summed E-state index contributed by atoms with van der Waals surface area (Å²) in [6, 6.07) is 4.73. The summed E-state index contributed by atoms with van der Waals surface area (Å²) in [7, 11) is -1.80. The zero-order valence-corrected chi connectivity index (χ0v) is 10.5. The first-order valence-corrected chi connectivity index (χ1v) is 6.63. The predicted octanol–water partition coefficient (Wildman–Crippen LogP) is 1.39. The average Bonchev–Trinajstić information content (AvgIpc) is 2.21. The number of ether oxygens (including phenoxy) is 1. The number of benzene rings is 1. The molecule has 0 spiro atoms. The van der Waals surface area contributed by atoms with Crippen molar-refractivity contribution in [2.24, 2.45) is 0 Å². The van der Waals surface area contributed by atoms with Crippen molar-refractivity contribution in [2.45, 2.75) is 24.8 Å². The molecule has 1 atom stereocenters. The lowest BCUT2D eigenvalue weighted by atomic mass is 10.2. The minimum atomic E-state index is -3.29. The lowest BCUT2D eigenvalue weighted by Crippen LogP contribution is -2.20. The molecule has 90 valence electrons. The maximum Gasteiger partial charge on any atom is 0.180 e. The first-order chi connectivity index (χ1) is 7.36. The highest BCUT2D eigenvalue weighted by Gasteiger charge is 2.18. The van der Waals surface area contributed by atoms with E-state index in [0.717, 1.165) is 5.56 Å². The lowest BCUT2D eigenvalue weighted by Gasteiger charge is -2.11. The summed E-state index contributed by atoms with van der Waals surface area (Å²) in [6.07, 6.45) is -0.317. The number of aryl methyl sites for hydroxylation is 1. The van der Waals surface area contributed by atoms with Crippen molar-refractivity contribution < 1.29 is 13.2 Å². The van der Waals surface area contributed by atoms with Crippen LogP contribution in [0.4, 0.5) is 5.69 Å². The minimum Gasteiger partial charge on any atom is -0.399 e. The van der Waals surface area contributed by atoms with E-state index in [1.54, 1.807) is 26.0 Å². The van der Waals surface area contributed by atoms with Gasteiger partial charge in [0.05, 0.1) is 16.8 Å². The van der Waals surface area contributed by atoms with E-state index in [1.807, 2.05) is 0 Å². The summed E-state index contributed by atoms with van der Waals surface area (Å²) < 4.78 is 28.8. The Kier molecular flexibility index (Phi) is 3.93. The van der Waals surface area contributed by atoms with Gasteiger partial charge < -0.3 is 10.5 Å². The van der Waals surface area contributed by atoms with Gasteiger partial charge in [-0.2, -0.15) is 0 Å². The van der Waals surface area contributed by atoms with Crippen molar-refractivity contribution in [1.82, 2.24) is 0 Å². The second kappa shape index (κ2) is 4.84. The van der Waals surface area contributed by atoms with Crippen LogP contribution in [0.5, 0.6) is 0 Å². The van der Waals surface area contributed by atoms with Gasteiger partial charge in [0.25, 0.3) is 0 Å². The number of hydrogen-bond acceptors (Lipinski definition) is 4. The molecular formula is C11H17NO3S. The Morgan fingerprint density at radius 1 is 1.44 bits per heavy atom. The Bertz CT molecular complexity index is 468. The minimum absolute atomic E-state index is 0.0210. The normalized spacial score (nSPS) is 13.7. The molecular weight excluding hydrogens is 226 g/mol. The second-order valence-corrected chi connectivity index (χ2v) is 5.88. The van der Waals surface area contributed by atoms with Crippen molar-refractivity contribution in [3.05, 3.63) is 23.8 Å². The maximum absolute atomic E-state index is 11.9. The van der Waals surface area contributed by atoms with E-state index in [2.05, 4.69) is 0 Å². The van der Waals surface area contributed by atoms with Crippen LogP contribution in [0, 0.1) is 6.92 Å². The summed E-state index contributed by atoms with van der Waals surface area (Å²) in [6.45, 7) is 3.51. The maximum atomic E-state index is 11.9. The molecule has 0 fully saturated rings. The molecule has 0 heterocycles.